The van der Waals surface area contributed by atoms with Crippen molar-refractivity contribution >= 4 is 17.5 Å². The minimum absolute atomic E-state index is 0.0675. The number of carbonyl (C=O) groups excluding carboxylic acids is 3. The van der Waals surface area contributed by atoms with E-state index in [1.54, 1.807) is 26.2 Å². The highest BCUT2D eigenvalue weighted by Gasteiger charge is 2.19. The number of esters is 1. The molecule has 7 heteroatoms. The van der Waals surface area contributed by atoms with E-state index in [1.807, 2.05) is 0 Å². The van der Waals surface area contributed by atoms with Crippen molar-refractivity contribution in [2.75, 3.05) is 33.7 Å². The predicted molar refractivity (Wildman–Crippen MR) is 80.4 cm³/mol. The quantitative estimate of drug-likeness (QED) is 0.152. The molecule has 1 aromatic rings. The molecule has 0 saturated carbocycles. The zero-order valence-corrected chi connectivity index (χ0v) is 13.2. The lowest BCUT2D eigenvalue weighted by molar-refractivity contribution is -0.153. The third-order valence-corrected chi connectivity index (χ3v) is 2.74. The average Bonchev–Trinajstić information content (AvgIpc) is 2.55. The highest BCUT2D eigenvalue weighted by Crippen LogP contribution is 2.13. The van der Waals surface area contributed by atoms with Gasteiger partial charge in [-0.1, -0.05) is 0 Å². The van der Waals surface area contributed by atoms with E-state index in [9.17, 15) is 14.4 Å². The van der Waals surface area contributed by atoms with Crippen LogP contribution in [0.2, 0.25) is 0 Å². The number of hydrogen-bond acceptors (Lipinski definition) is 7. The first-order valence-electron chi connectivity index (χ1n) is 7.11. The molecule has 0 amide bonds. The van der Waals surface area contributed by atoms with Crippen LogP contribution in [0.15, 0.2) is 24.3 Å². The maximum absolute atomic E-state index is 11.9. The zero-order valence-electron chi connectivity index (χ0n) is 13.2. The molecule has 0 aliphatic heterocycles. The van der Waals surface area contributed by atoms with Crippen molar-refractivity contribution in [2.24, 2.45) is 0 Å². The Morgan fingerprint density at radius 3 is 2.35 bits per heavy atom. The lowest BCUT2D eigenvalue weighted by Gasteiger charge is -2.07. The van der Waals surface area contributed by atoms with Crippen LogP contribution in [0.3, 0.4) is 0 Å². The standard InChI is InChI=1S/C16H20O7/c1-3-22-16(19)15(18)10-14(17)12-4-6-13(7-5-12)23-11-21-9-8-20-2/h4-7H,3,8-11H2,1-2H3. The fourth-order valence-corrected chi connectivity index (χ4v) is 1.58. The van der Waals surface area contributed by atoms with Gasteiger partial charge in [-0.15, -0.1) is 0 Å². The number of hydrogen-bond donors (Lipinski definition) is 0. The molecule has 0 saturated heterocycles. The molecule has 0 heterocycles. The van der Waals surface area contributed by atoms with Crippen molar-refractivity contribution in [1.29, 1.82) is 0 Å². The molecule has 0 spiro atoms. The van der Waals surface area contributed by atoms with Gasteiger partial charge in [-0.3, -0.25) is 9.59 Å². The monoisotopic (exact) mass is 324 g/mol. The number of methoxy groups -OCH3 is 1. The fraction of sp³-hybridized carbons (Fsp3) is 0.438. The second-order valence-corrected chi connectivity index (χ2v) is 4.43. The third kappa shape index (κ3) is 7.03. The van der Waals surface area contributed by atoms with E-state index in [-0.39, 0.29) is 13.4 Å². The molecule has 126 valence electrons. The fourth-order valence-electron chi connectivity index (χ4n) is 1.58. The van der Waals surface area contributed by atoms with E-state index in [4.69, 9.17) is 14.2 Å². The first kappa shape index (κ1) is 18.8. The maximum atomic E-state index is 11.9. The summed E-state index contributed by atoms with van der Waals surface area (Å²) in [5.74, 6) is -1.78. The Hall–Kier alpha value is -2.25. The van der Waals surface area contributed by atoms with Crippen LogP contribution in [0, 0.1) is 0 Å². The van der Waals surface area contributed by atoms with Gasteiger partial charge in [0.25, 0.3) is 0 Å². The van der Waals surface area contributed by atoms with Crippen molar-refractivity contribution in [1.82, 2.24) is 0 Å². The number of ketones is 2. The van der Waals surface area contributed by atoms with Crippen LogP contribution in [0.1, 0.15) is 23.7 Å². The van der Waals surface area contributed by atoms with Crippen molar-refractivity contribution in [3.8, 4) is 5.75 Å². The van der Waals surface area contributed by atoms with E-state index in [2.05, 4.69) is 4.74 Å². The van der Waals surface area contributed by atoms with Crippen molar-refractivity contribution in [3.05, 3.63) is 29.8 Å². The number of Topliss-reactive ketones (excluding diaryl/α,β-unsaturated/α-hetero) is 2. The van der Waals surface area contributed by atoms with Crippen LogP contribution in [0.5, 0.6) is 5.75 Å². The maximum Gasteiger partial charge on any atom is 0.375 e. The normalized spacial score (nSPS) is 10.2. The molecule has 0 atom stereocenters. The van der Waals surface area contributed by atoms with Gasteiger partial charge in [-0.25, -0.2) is 4.79 Å². The summed E-state index contributed by atoms with van der Waals surface area (Å²) in [6, 6.07) is 6.21. The Balaban J connectivity index is 2.44. The minimum atomic E-state index is -0.992. The van der Waals surface area contributed by atoms with E-state index in [0.717, 1.165) is 0 Å². The molecule has 7 nitrogen and oxygen atoms in total. The van der Waals surface area contributed by atoms with Gasteiger partial charge in [0.2, 0.25) is 5.78 Å². The largest absolute Gasteiger partial charge is 0.468 e. The Bertz CT molecular complexity index is 522. The molecule has 1 rings (SSSR count). The molecule has 0 radical (unpaired) electrons. The van der Waals surface area contributed by atoms with Crippen molar-refractivity contribution in [3.63, 3.8) is 0 Å². The van der Waals surface area contributed by atoms with Gasteiger partial charge < -0.3 is 18.9 Å². The Kier molecular flexibility index (Phi) is 8.56. The van der Waals surface area contributed by atoms with Crippen LogP contribution in [0.4, 0.5) is 0 Å². The van der Waals surface area contributed by atoms with Crippen molar-refractivity contribution < 1.29 is 33.3 Å². The number of ether oxygens (including phenoxy) is 4. The van der Waals surface area contributed by atoms with Crippen LogP contribution in [0.25, 0.3) is 0 Å². The van der Waals surface area contributed by atoms with E-state index in [0.29, 0.717) is 24.5 Å². The van der Waals surface area contributed by atoms with E-state index in [1.165, 1.54) is 12.1 Å². The molecular weight excluding hydrogens is 304 g/mol. The smallest absolute Gasteiger partial charge is 0.375 e. The first-order chi connectivity index (χ1) is 11.1. The van der Waals surface area contributed by atoms with Crippen LogP contribution in [-0.2, 0) is 23.8 Å². The van der Waals surface area contributed by atoms with Gasteiger partial charge in [-0.2, -0.15) is 0 Å². The summed E-state index contributed by atoms with van der Waals surface area (Å²) >= 11 is 0. The Morgan fingerprint density at radius 2 is 1.74 bits per heavy atom. The highest BCUT2D eigenvalue weighted by atomic mass is 16.7. The van der Waals surface area contributed by atoms with Gasteiger partial charge in [0.05, 0.1) is 26.2 Å². The SMILES string of the molecule is CCOC(=O)C(=O)CC(=O)c1ccc(OCOCCOC)cc1. The topological polar surface area (TPSA) is 88.1 Å². The molecule has 0 N–H and O–H groups in total. The summed E-state index contributed by atoms with van der Waals surface area (Å²) in [6.45, 7) is 2.65. The first-order valence-corrected chi connectivity index (χ1v) is 7.11. The number of carbonyl (C=O) groups is 3. The Labute approximate surface area is 134 Å². The van der Waals surface area contributed by atoms with Crippen LogP contribution in [-0.4, -0.2) is 51.3 Å². The van der Waals surface area contributed by atoms with Gasteiger partial charge in [0, 0.05) is 12.7 Å². The second-order valence-electron chi connectivity index (χ2n) is 4.43. The molecule has 1 aromatic carbocycles. The lowest BCUT2D eigenvalue weighted by Crippen LogP contribution is -2.20. The summed E-state index contributed by atoms with van der Waals surface area (Å²) in [6.07, 6.45) is -0.515. The summed E-state index contributed by atoms with van der Waals surface area (Å²) in [7, 11) is 1.58. The lowest BCUT2D eigenvalue weighted by atomic mass is 10.1. The van der Waals surface area contributed by atoms with Crippen molar-refractivity contribution in [2.45, 2.75) is 13.3 Å². The second kappa shape index (κ2) is 10.5. The molecule has 0 aliphatic rings. The van der Waals surface area contributed by atoms with E-state index < -0.39 is 24.0 Å². The molecule has 0 aliphatic carbocycles. The van der Waals surface area contributed by atoms with Crippen LogP contribution >= 0.6 is 0 Å². The summed E-state index contributed by atoms with van der Waals surface area (Å²) in [4.78, 5) is 34.6. The zero-order chi connectivity index (χ0) is 17.1. The number of benzene rings is 1. The third-order valence-electron chi connectivity index (χ3n) is 2.74. The van der Waals surface area contributed by atoms with E-state index >= 15 is 0 Å². The highest BCUT2D eigenvalue weighted by molar-refractivity contribution is 6.38. The predicted octanol–water partition coefficient (Wildman–Crippen LogP) is 1.39. The average molecular weight is 324 g/mol. The summed E-state index contributed by atoms with van der Waals surface area (Å²) < 4.78 is 19.8. The molecule has 0 aromatic heterocycles. The molecule has 0 unspecified atom stereocenters. The van der Waals surface area contributed by atoms with Crippen LogP contribution < -0.4 is 4.74 Å². The molecular formula is C16H20O7. The molecule has 23 heavy (non-hydrogen) atoms. The van der Waals surface area contributed by atoms with Gasteiger partial charge in [-0.05, 0) is 31.2 Å². The molecule has 0 bridgehead atoms. The van der Waals surface area contributed by atoms with Gasteiger partial charge >= 0.3 is 5.97 Å². The van der Waals surface area contributed by atoms with Gasteiger partial charge in [0.1, 0.15) is 5.75 Å². The summed E-state index contributed by atoms with van der Waals surface area (Å²) in [5.41, 5.74) is 0.315. The van der Waals surface area contributed by atoms with Gasteiger partial charge in [0.15, 0.2) is 12.6 Å². The Morgan fingerprint density at radius 1 is 1.04 bits per heavy atom. The molecule has 0 fully saturated rings. The summed E-state index contributed by atoms with van der Waals surface area (Å²) in [5, 5.41) is 0. The number of rotatable bonds is 11. The minimum Gasteiger partial charge on any atom is -0.468 e.